The van der Waals surface area contributed by atoms with Crippen molar-refractivity contribution in [1.82, 2.24) is 9.97 Å². The van der Waals surface area contributed by atoms with Gasteiger partial charge in [0.25, 0.3) is 0 Å². The number of nitrogens with two attached hydrogens (primary N) is 2. The summed E-state index contributed by atoms with van der Waals surface area (Å²) < 4.78 is 20.9. The van der Waals surface area contributed by atoms with Gasteiger partial charge in [0, 0.05) is 36.4 Å². The van der Waals surface area contributed by atoms with Gasteiger partial charge in [0.15, 0.2) is 11.5 Å². The number of ketones is 1. The van der Waals surface area contributed by atoms with E-state index in [9.17, 15) is 9.59 Å². The van der Waals surface area contributed by atoms with Crippen molar-refractivity contribution in [2.24, 2.45) is 5.16 Å². The maximum absolute atomic E-state index is 13.0. The average Bonchev–Trinajstić information content (AvgIpc) is 2.97. The summed E-state index contributed by atoms with van der Waals surface area (Å²) in [5.41, 5.74) is 14.1. The van der Waals surface area contributed by atoms with Crippen LogP contribution in [0.4, 0.5) is 11.8 Å². The van der Waals surface area contributed by atoms with Crippen molar-refractivity contribution in [2.45, 2.75) is 13.3 Å². The Hall–Kier alpha value is -5.15. The number of oxime groups is 1. The fraction of sp³-hybridized carbons (Fsp3) is 0.276. The Balaban J connectivity index is 1.88. The number of Topliss-reactive ketones (excluding diaryl/α,β-unsaturated/α-hetero) is 1. The van der Waals surface area contributed by atoms with Crippen molar-refractivity contribution >= 4 is 29.2 Å². The Morgan fingerprint density at radius 3 is 2.39 bits per heavy atom. The second-order valence-corrected chi connectivity index (χ2v) is 8.34. The van der Waals surface area contributed by atoms with Gasteiger partial charge in [-0.25, -0.2) is 9.78 Å². The lowest BCUT2D eigenvalue weighted by molar-refractivity contribution is -0.135. The van der Waals surface area contributed by atoms with Crippen LogP contribution in [0.25, 0.3) is 0 Å². The standard InChI is InChI=1S/C29H31N5O7/c1-5-40-28(36)24(34-41-13-12-37-2)25(35)20-9-6-18(7-10-20)8-11-21-14-19(16-23(38-3)26(21)39-4)15-22-17-32-29(31)33-27(22)30/h6-7,9-10,14,16-17H,5,12-13,15H2,1-4H3,(H4,30,31,32,33). The number of nitrogens with zero attached hydrogens (tertiary/aromatic N) is 3. The summed E-state index contributed by atoms with van der Waals surface area (Å²) >= 11 is 0. The van der Waals surface area contributed by atoms with Crippen LogP contribution in [-0.4, -0.2) is 68.6 Å². The molecule has 0 bridgehead atoms. The number of ether oxygens (including phenoxy) is 4. The second-order valence-electron chi connectivity index (χ2n) is 8.34. The lowest BCUT2D eigenvalue weighted by atomic mass is 10.0. The van der Waals surface area contributed by atoms with Crippen LogP contribution in [0.15, 0.2) is 47.8 Å². The first kappa shape index (κ1) is 30.4. The molecule has 0 fully saturated rings. The van der Waals surface area contributed by atoms with Crippen LogP contribution in [0.2, 0.25) is 0 Å². The first-order valence-electron chi connectivity index (χ1n) is 12.5. The Morgan fingerprint density at radius 1 is 1.00 bits per heavy atom. The minimum Gasteiger partial charge on any atom is -0.493 e. The summed E-state index contributed by atoms with van der Waals surface area (Å²) in [5.74, 6) is 5.96. The minimum absolute atomic E-state index is 0.0673. The van der Waals surface area contributed by atoms with E-state index in [-0.39, 0.29) is 37.2 Å². The highest BCUT2D eigenvalue weighted by molar-refractivity contribution is 6.67. The van der Waals surface area contributed by atoms with Gasteiger partial charge in [0.2, 0.25) is 17.4 Å². The molecular formula is C29H31N5O7. The second kappa shape index (κ2) is 14.9. The Labute approximate surface area is 237 Å². The average molecular weight is 562 g/mol. The number of hydrogen-bond acceptors (Lipinski definition) is 12. The summed E-state index contributed by atoms with van der Waals surface area (Å²) in [4.78, 5) is 38.3. The van der Waals surface area contributed by atoms with Crippen molar-refractivity contribution < 1.29 is 33.4 Å². The van der Waals surface area contributed by atoms with Gasteiger partial charge in [0.05, 0.1) is 33.0 Å². The van der Waals surface area contributed by atoms with Gasteiger partial charge >= 0.3 is 5.97 Å². The molecule has 4 N–H and O–H groups in total. The van der Waals surface area contributed by atoms with Crippen LogP contribution in [-0.2, 0) is 25.5 Å². The molecule has 0 saturated carbocycles. The third-order valence-corrected chi connectivity index (χ3v) is 5.56. The number of methoxy groups -OCH3 is 3. The first-order valence-corrected chi connectivity index (χ1v) is 12.5. The molecule has 0 aliphatic rings. The van der Waals surface area contributed by atoms with E-state index >= 15 is 0 Å². The number of hydrogen-bond donors (Lipinski definition) is 2. The van der Waals surface area contributed by atoms with Crippen LogP contribution in [0.1, 0.15) is 39.5 Å². The van der Waals surface area contributed by atoms with E-state index in [4.69, 9.17) is 35.3 Å². The molecule has 0 aliphatic carbocycles. The summed E-state index contributed by atoms with van der Waals surface area (Å²) in [6.07, 6.45) is 1.99. The molecule has 41 heavy (non-hydrogen) atoms. The third-order valence-electron chi connectivity index (χ3n) is 5.56. The molecule has 0 atom stereocenters. The quantitative estimate of drug-likeness (QED) is 0.0633. The molecule has 0 saturated heterocycles. The highest BCUT2D eigenvalue weighted by Gasteiger charge is 2.24. The molecule has 0 spiro atoms. The number of aromatic nitrogens is 2. The van der Waals surface area contributed by atoms with Crippen LogP contribution in [0.3, 0.4) is 0 Å². The maximum atomic E-state index is 13.0. The largest absolute Gasteiger partial charge is 0.493 e. The van der Waals surface area contributed by atoms with Gasteiger partial charge in [-0.3, -0.25) is 4.79 Å². The molecule has 0 unspecified atom stereocenters. The molecule has 3 aromatic rings. The predicted octanol–water partition coefficient (Wildman–Crippen LogP) is 2.41. The summed E-state index contributed by atoms with van der Waals surface area (Å²) in [7, 11) is 4.55. The summed E-state index contributed by atoms with van der Waals surface area (Å²) in [6, 6.07) is 10.0. The minimum atomic E-state index is -0.882. The molecule has 0 amide bonds. The van der Waals surface area contributed by atoms with Gasteiger partial charge < -0.3 is 35.3 Å². The van der Waals surface area contributed by atoms with E-state index in [1.807, 2.05) is 12.1 Å². The monoisotopic (exact) mass is 561 g/mol. The van der Waals surface area contributed by atoms with Crippen LogP contribution in [0, 0.1) is 11.8 Å². The number of rotatable bonds is 12. The topological polar surface area (TPSA) is 170 Å². The Morgan fingerprint density at radius 2 is 1.76 bits per heavy atom. The lowest BCUT2D eigenvalue weighted by Gasteiger charge is -2.13. The molecular weight excluding hydrogens is 530 g/mol. The first-order chi connectivity index (χ1) is 19.8. The molecule has 12 heteroatoms. The molecule has 214 valence electrons. The molecule has 0 radical (unpaired) electrons. The van der Waals surface area contributed by atoms with Crippen molar-refractivity contribution in [1.29, 1.82) is 0 Å². The zero-order valence-corrected chi connectivity index (χ0v) is 23.2. The number of anilines is 2. The van der Waals surface area contributed by atoms with E-state index in [0.717, 1.165) is 5.56 Å². The number of benzene rings is 2. The highest BCUT2D eigenvalue weighted by Crippen LogP contribution is 2.33. The fourth-order valence-electron chi connectivity index (χ4n) is 3.59. The van der Waals surface area contributed by atoms with Gasteiger partial charge in [-0.1, -0.05) is 17.0 Å². The molecule has 3 rings (SSSR count). The van der Waals surface area contributed by atoms with Gasteiger partial charge in [-0.2, -0.15) is 4.98 Å². The maximum Gasteiger partial charge on any atom is 0.364 e. The summed E-state index contributed by atoms with van der Waals surface area (Å²) in [5, 5.41) is 3.67. The smallest absolute Gasteiger partial charge is 0.364 e. The lowest BCUT2D eigenvalue weighted by Crippen LogP contribution is -2.27. The van der Waals surface area contributed by atoms with E-state index < -0.39 is 17.5 Å². The number of carbonyl (C=O) groups is 2. The van der Waals surface area contributed by atoms with Crippen molar-refractivity contribution in [2.75, 3.05) is 52.6 Å². The Bertz CT molecular complexity index is 1480. The highest BCUT2D eigenvalue weighted by atomic mass is 16.6. The molecule has 12 nitrogen and oxygen atoms in total. The van der Waals surface area contributed by atoms with E-state index in [0.29, 0.717) is 34.6 Å². The van der Waals surface area contributed by atoms with E-state index in [2.05, 4.69) is 27.0 Å². The predicted molar refractivity (Wildman–Crippen MR) is 152 cm³/mol. The van der Waals surface area contributed by atoms with Crippen molar-refractivity contribution in [3.8, 4) is 23.3 Å². The van der Waals surface area contributed by atoms with E-state index in [1.165, 1.54) is 33.5 Å². The molecule has 1 aromatic heterocycles. The normalized spacial score (nSPS) is 10.8. The van der Waals surface area contributed by atoms with Crippen molar-refractivity contribution in [3.05, 3.63) is 70.4 Å². The molecule has 0 aliphatic heterocycles. The van der Waals surface area contributed by atoms with E-state index in [1.54, 1.807) is 25.3 Å². The zero-order valence-electron chi connectivity index (χ0n) is 23.2. The SMILES string of the molecule is CCOC(=O)C(=NOCCOC)C(=O)c1ccc(C#Cc2cc(Cc3cnc(N)nc3N)cc(OC)c2OC)cc1. The van der Waals surface area contributed by atoms with Gasteiger partial charge in [-0.15, -0.1) is 0 Å². The molecule has 1 heterocycles. The molecule has 2 aromatic carbocycles. The number of carbonyl (C=O) groups excluding carboxylic acids is 2. The summed E-state index contributed by atoms with van der Waals surface area (Å²) in [6.45, 7) is 2.01. The van der Waals surface area contributed by atoms with Gasteiger partial charge in [-0.05, 0) is 48.9 Å². The van der Waals surface area contributed by atoms with Crippen molar-refractivity contribution in [3.63, 3.8) is 0 Å². The van der Waals surface area contributed by atoms with Gasteiger partial charge in [0.1, 0.15) is 12.4 Å². The number of esters is 1. The van der Waals surface area contributed by atoms with Crippen LogP contribution < -0.4 is 20.9 Å². The zero-order chi connectivity index (χ0) is 29.8. The van der Waals surface area contributed by atoms with Crippen LogP contribution >= 0.6 is 0 Å². The third kappa shape index (κ3) is 8.17. The Kier molecular flexibility index (Phi) is 11.0. The fourth-order valence-corrected chi connectivity index (χ4v) is 3.59. The number of nitrogen functional groups attached to an aromatic ring is 2. The van der Waals surface area contributed by atoms with Crippen LogP contribution in [0.5, 0.6) is 11.5 Å².